The molecule has 0 radical (unpaired) electrons. The number of piperidine rings is 1. The number of amides is 1. The molecule has 0 aliphatic carbocycles. The number of hydrogen-bond acceptors (Lipinski definition) is 4. The molecule has 1 aliphatic rings. The fraction of sp³-hybridized carbons (Fsp3) is 0.381. The molecule has 0 N–H and O–H groups in total. The van der Waals surface area contributed by atoms with Crippen LogP contribution in [0.1, 0.15) is 30.1 Å². The summed E-state index contributed by atoms with van der Waals surface area (Å²) in [6.45, 7) is 3.70. The summed E-state index contributed by atoms with van der Waals surface area (Å²) in [5.41, 5.74) is 0.799. The Bertz CT molecular complexity index is 978. The smallest absolute Gasteiger partial charge is 0.264 e. The van der Waals surface area contributed by atoms with Gasteiger partial charge in [-0.25, -0.2) is 8.42 Å². The van der Waals surface area contributed by atoms with Crippen LogP contribution in [0.25, 0.3) is 0 Å². The minimum Gasteiger partial charge on any atom is -0.377 e. The molecule has 1 heterocycles. The third-order valence-electron chi connectivity index (χ3n) is 4.98. The summed E-state index contributed by atoms with van der Waals surface area (Å²) in [5.74, 6) is -0.183. The van der Waals surface area contributed by atoms with E-state index < -0.39 is 10.0 Å². The van der Waals surface area contributed by atoms with E-state index in [1.807, 2.05) is 6.92 Å². The van der Waals surface area contributed by atoms with Gasteiger partial charge in [-0.1, -0.05) is 23.7 Å². The average molecular weight is 437 g/mol. The van der Waals surface area contributed by atoms with Gasteiger partial charge >= 0.3 is 0 Å². The molecule has 0 bridgehead atoms. The second kappa shape index (κ2) is 9.15. The van der Waals surface area contributed by atoms with E-state index in [0.29, 0.717) is 36.0 Å². The van der Waals surface area contributed by atoms with Gasteiger partial charge < -0.3 is 9.64 Å². The molecule has 6 nitrogen and oxygen atoms in total. The zero-order chi connectivity index (χ0) is 21.0. The molecule has 2 aromatic rings. The largest absolute Gasteiger partial charge is 0.377 e. The molecule has 2 aromatic carbocycles. The third-order valence-corrected chi connectivity index (χ3v) is 7.00. The Kier molecular flexibility index (Phi) is 6.82. The van der Waals surface area contributed by atoms with Gasteiger partial charge in [0.1, 0.15) is 0 Å². The van der Waals surface area contributed by atoms with Crippen molar-refractivity contribution in [2.75, 3.05) is 31.0 Å². The van der Waals surface area contributed by atoms with Gasteiger partial charge in [0.05, 0.1) is 16.7 Å². The van der Waals surface area contributed by atoms with Gasteiger partial charge in [0, 0.05) is 37.3 Å². The van der Waals surface area contributed by atoms with Crippen molar-refractivity contribution in [1.82, 2.24) is 4.90 Å². The van der Waals surface area contributed by atoms with Crippen LogP contribution < -0.4 is 4.31 Å². The minimum atomic E-state index is -3.84. The number of carbonyl (C=O) groups is 1. The normalized spacial score (nSPS) is 17.2. The van der Waals surface area contributed by atoms with Crippen LogP contribution in [0.4, 0.5) is 5.69 Å². The molecule has 1 amide bonds. The van der Waals surface area contributed by atoms with Crippen molar-refractivity contribution in [2.24, 2.45) is 0 Å². The Labute approximate surface area is 177 Å². The highest BCUT2D eigenvalue weighted by molar-refractivity contribution is 7.92. The lowest BCUT2D eigenvalue weighted by Crippen LogP contribution is -2.43. The Morgan fingerprint density at radius 3 is 2.72 bits per heavy atom. The summed E-state index contributed by atoms with van der Waals surface area (Å²) in [5, 5.41) is 0.447. The Balaban J connectivity index is 1.84. The molecule has 1 saturated heterocycles. The fourth-order valence-corrected chi connectivity index (χ4v) is 4.85. The zero-order valence-electron chi connectivity index (χ0n) is 16.5. The standard InChI is InChI=1S/C21H25ClN2O4S/c1-3-28-19-10-6-12-24(15-19)21(25)16-7-4-11-20(13-16)29(26,27)23(2)18-9-5-8-17(22)14-18/h4-5,7-9,11,13-14,19H,3,6,10,12,15H2,1-2H3. The first kappa shape index (κ1) is 21.6. The van der Waals surface area contributed by atoms with Crippen molar-refractivity contribution in [3.05, 3.63) is 59.1 Å². The summed E-state index contributed by atoms with van der Waals surface area (Å²) in [4.78, 5) is 14.7. The topological polar surface area (TPSA) is 66.9 Å². The van der Waals surface area contributed by atoms with Gasteiger partial charge in [-0.15, -0.1) is 0 Å². The first-order chi connectivity index (χ1) is 13.8. The van der Waals surface area contributed by atoms with E-state index in [-0.39, 0.29) is 16.9 Å². The van der Waals surface area contributed by atoms with Gasteiger partial charge in [0.2, 0.25) is 0 Å². The molecule has 0 saturated carbocycles. The van der Waals surface area contributed by atoms with E-state index in [1.165, 1.54) is 19.2 Å². The van der Waals surface area contributed by atoms with Gasteiger partial charge in [0.25, 0.3) is 15.9 Å². The lowest BCUT2D eigenvalue weighted by molar-refractivity contribution is 0.00723. The lowest BCUT2D eigenvalue weighted by atomic mass is 10.1. The number of anilines is 1. The average Bonchev–Trinajstić information content (AvgIpc) is 2.73. The molecule has 1 atom stereocenters. The fourth-order valence-electron chi connectivity index (χ4n) is 3.44. The maximum Gasteiger partial charge on any atom is 0.264 e. The molecular formula is C21H25ClN2O4S. The van der Waals surface area contributed by atoms with Crippen LogP contribution in [-0.2, 0) is 14.8 Å². The number of benzene rings is 2. The lowest BCUT2D eigenvalue weighted by Gasteiger charge is -2.32. The highest BCUT2D eigenvalue weighted by Gasteiger charge is 2.27. The number of likely N-dealkylation sites (tertiary alicyclic amines) is 1. The van der Waals surface area contributed by atoms with E-state index >= 15 is 0 Å². The highest BCUT2D eigenvalue weighted by Crippen LogP contribution is 2.25. The Hall–Kier alpha value is -2.09. The second-order valence-corrected chi connectivity index (χ2v) is 9.36. The number of sulfonamides is 1. The van der Waals surface area contributed by atoms with Crippen LogP contribution in [0.5, 0.6) is 0 Å². The number of nitrogens with zero attached hydrogens (tertiary/aromatic N) is 2. The van der Waals surface area contributed by atoms with Crippen LogP contribution in [0, 0.1) is 0 Å². The summed E-state index contributed by atoms with van der Waals surface area (Å²) < 4.78 is 33.0. The van der Waals surface area contributed by atoms with Gasteiger partial charge in [-0.2, -0.15) is 0 Å². The summed E-state index contributed by atoms with van der Waals surface area (Å²) in [6.07, 6.45) is 1.82. The van der Waals surface area contributed by atoms with Crippen LogP contribution in [0.2, 0.25) is 5.02 Å². The summed E-state index contributed by atoms with van der Waals surface area (Å²) in [6, 6.07) is 12.8. The van der Waals surface area contributed by atoms with E-state index in [0.717, 1.165) is 17.1 Å². The van der Waals surface area contributed by atoms with E-state index in [4.69, 9.17) is 16.3 Å². The first-order valence-electron chi connectivity index (χ1n) is 9.58. The van der Waals surface area contributed by atoms with Crippen molar-refractivity contribution in [1.29, 1.82) is 0 Å². The molecular weight excluding hydrogens is 412 g/mol. The monoisotopic (exact) mass is 436 g/mol. The minimum absolute atomic E-state index is 0.0265. The van der Waals surface area contributed by atoms with E-state index in [2.05, 4.69) is 0 Å². The van der Waals surface area contributed by atoms with Crippen molar-refractivity contribution in [3.63, 3.8) is 0 Å². The predicted octanol–water partition coefficient (Wildman–Crippen LogP) is 3.81. The first-order valence-corrected chi connectivity index (χ1v) is 11.4. The molecule has 8 heteroatoms. The number of ether oxygens (including phenoxy) is 1. The molecule has 156 valence electrons. The Morgan fingerprint density at radius 1 is 1.24 bits per heavy atom. The maximum atomic E-state index is 13.1. The number of carbonyl (C=O) groups excluding carboxylic acids is 1. The van der Waals surface area contributed by atoms with Crippen LogP contribution in [0.3, 0.4) is 0 Å². The van der Waals surface area contributed by atoms with E-state index in [9.17, 15) is 13.2 Å². The molecule has 1 fully saturated rings. The van der Waals surface area contributed by atoms with Gasteiger partial charge in [-0.05, 0) is 56.2 Å². The maximum absolute atomic E-state index is 13.1. The number of rotatable bonds is 6. The SMILES string of the molecule is CCOC1CCCN(C(=O)c2cccc(S(=O)(=O)N(C)c3cccc(Cl)c3)c2)C1. The molecule has 1 aliphatic heterocycles. The van der Waals surface area contributed by atoms with E-state index in [1.54, 1.807) is 41.3 Å². The predicted molar refractivity (Wildman–Crippen MR) is 114 cm³/mol. The van der Waals surface area contributed by atoms with Crippen molar-refractivity contribution >= 4 is 33.2 Å². The van der Waals surface area contributed by atoms with Gasteiger partial charge in [0.15, 0.2) is 0 Å². The quantitative estimate of drug-likeness (QED) is 0.690. The molecule has 3 rings (SSSR count). The highest BCUT2D eigenvalue weighted by atomic mass is 35.5. The summed E-state index contributed by atoms with van der Waals surface area (Å²) >= 11 is 5.99. The molecule has 0 aromatic heterocycles. The number of hydrogen-bond donors (Lipinski definition) is 0. The van der Waals surface area contributed by atoms with Crippen LogP contribution >= 0.6 is 11.6 Å². The second-order valence-electron chi connectivity index (χ2n) is 6.95. The molecule has 1 unspecified atom stereocenters. The number of halogens is 1. The van der Waals surface area contributed by atoms with Crippen molar-refractivity contribution in [3.8, 4) is 0 Å². The molecule has 0 spiro atoms. The van der Waals surface area contributed by atoms with Crippen molar-refractivity contribution in [2.45, 2.75) is 30.8 Å². The van der Waals surface area contributed by atoms with Crippen molar-refractivity contribution < 1.29 is 17.9 Å². The van der Waals surface area contributed by atoms with Crippen LogP contribution in [-0.4, -0.2) is 52.1 Å². The summed E-state index contributed by atoms with van der Waals surface area (Å²) in [7, 11) is -2.37. The van der Waals surface area contributed by atoms with Crippen LogP contribution in [0.15, 0.2) is 53.4 Å². The Morgan fingerprint density at radius 2 is 2.00 bits per heavy atom. The molecule has 29 heavy (non-hydrogen) atoms. The third kappa shape index (κ3) is 4.91. The zero-order valence-corrected chi connectivity index (χ0v) is 18.1. The van der Waals surface area contributed by atoms with Gasteiger partial charge in [-0.3, -0.25) is 9.10 Å².